The predicted octanol–water partition coefficient (Wildman–Crippen LogP) is 4.94. The molecule has 1 rings (SSSR count). The molecule has 0 unspecified atom stereocenters. The van der Waals surface area contributed by atoms with Gasteiger partial charge in [-0.15, -0.1) is 0 Å². The first kappa shape index (κ1) is 14.8. The van der Waals surface area contributed by atoms with Crippen LogP contribution in [0.4, 0.5) is 0 Å². The molecular weight excluding hydrogens is 269 g/mol. The molecule has 0 bridgehead atoms. The summed E-state index contributed by atoms with van der Waals surface area (Å²) in [7, 11) is 0. The van der Waals surface area contributed by atoms with Crippen LogP contribution in [0.15, 0.2) is 41.2 Å². The smallest absolute Gasteiger partial charge is 0.213 e. The van der Waals surface area contributed by atoms with E-state index >= 15 is 0 Å². The van der Waals surface area contributed by atoms with Gasteiger partial charge in [-0.1, -0.05) is 35.4 Å². The Morgan fingerprint density at radius 3 is 2.39 bits per heavy atom. The molecule has 4 heteroatoms. The number of rotatable bonds is 5. The molecule has 0 N–H and O–H groups in total. The topological polar surface area (TPSA) is 21.6 Å². The molecule has 0 aliphatic rings. The monoisotopic (exact) mass is 283 g/mol. The second-order valence-electron chi connectivity index (χ2n) is 3.96. The zero-order valence-corrected chi connectivity index (χ0v) is 12.0. The third kappa shape index (κ3) is 4.21. The lowest BCUT2D eigenvalue weighted by Gasteiger charge is -2.09. The highest BCUT2D eigenvalue weighted by Gasteiger charge is 2.05. The quantitative estimate of drug-likeness (QED) is 0.426. The highest BCUT2D eigenvalue weighted by Crippen LogP contribution is 2.26. The van der Waals surface area contributed by atoms with Crippen LogP contribution in [0, 0.1) is 6.92 Å². The van der Waals surface area contributed by atoms with Crippen LogP contribution in [-0.2, 0) is 11.3 Å². The Morgan fingerprint density at radius 1 is 1.39 bits per heavy atom. The third-order valence-corrected chi connectivity index (χ3v) is 3.04. The summed E-state index contributed by atoms with van der Waals surface area (Å²) in [5, 5.41) is 1.25. The molecule has 96 valence electrons. The molecule has 1 aromatic rings. The lowest BCUT2D eigenvalue weighted by Crippen LogP contribution is -1.93. The van der Waals surface area contributed by atoms with Gasteiger partial charge >= 0.3 is 0 Å². The molecule has 0 saturated carbocycles. The van der Waals surface area contributed by atoms with Crippen molar-refractivity contribution in [2.75, 3.05) is 0 Å². The van der Waals surface area contributed by atoms with Crippen molar-refractivity contribution in [3.63, 3.8) is 0 Å². The Bertz CT molecular complexity index is 484. The Kier molecular flexibility index (Phi) is 5.45. The summed E-state index contributed by atoms with van der Waals surface area (Å²) < 4.78 is 5.49. The lowest BCUT2D eigenvalue weighted by molar-refractivity contribution is 0.197. The minimum atomic E-state index is 0.331. The van der Waals surface area contributed by atoms with Gasteiger partial charge in [0.15, 0.2) is 0 Å². The van der Waals surface area contributed by atoms with Gasteiger partial charge in [0.1, 0.15) is 6.61 Å². The van der Waals surface area contributed by atoms with Crippen LogP contribution in [0.5, 0.6) is 0 Å². The summed E-state index contributed by atoms with van der Waals surface area (Å²) in [6.45, 7) is 11.2. The van der Waals surface area contributed by atoms with Gasteiger partial charge in [0.2, 0.25) is 5.88 Å². The van der Waals surface area contributed by atoms with Gasteiger partial charge in [-0.3, -0.25) is 0 Å². The normalized spacial score (nSPS) is 11.2. The lowest BCUT2D eigenvalue weighted by atomic mass is 10.1. The van der Waals surface area contributed by atoms with E-state index in [0.29, 0.717) is 22.5 Å². The average Bonchev–Trinajstić information content (AvgIpc) is 2.30. The van der Waals surface area contributed by atoms with Gasteiger partial charge in [0.25, 0.3) is 0 Å². The molecule has 0 aliphatic carbocycles. The van der Waals surface area contributed by atoms with E-state index in [1.165, 1.54) is 0 Å². The van der Waals surface area contributed by atoms with Crippen LogP contribution in [0.1, 0.15) is 18.1 Å². The van der Waals surface area contributed by atoms with Crippen molar-refractivity contribution in [3.05, 3.63) is 57.4 Å². The highest BCUT2D eigenvalue weighted by atomic mass is 35.5. The first-order valence-electron chi connectivity index (χ1n) is 5.35. The third-order valence-electron chi connectivity index (χ3n) is 2.25. The van der Waals surface area contributed by atoms with E-state index in [1.807, 2.05) is 26.0 Å². The average molecular weight is 284 g/mol. The molecule has 0 atom stereocenters. The maximum absolute atomic E-state index is 6.05. The molecule has 18 heavy (non-hydrogen) atoms. The Hall–Kier alpha value is -1.25. The van der Waals surface area contributed by atoms with E-state index in [-0.39, 0.29) is 0 Å². The summed E-state index contributed by atoms with van der Waals surface area (Å²) in [5.41, 5.74) is 2.59. The number of nitrogens with zero attached hydrogens (tertiary/aromatic N) is 1. The van der Waals surface area contributed by atoms with Crippen molar-refractivity contribution in [3.8, 4) is 0 Å². The maximum atomic E-state index is 6.05. The minimum absolute atomic E-state index is 0.331. The van der Waals surface area contributed by atoms with E-state index < -0.39 is 0 Å². The number of hydrogen-bond acceptors (Lipinski definition) is 2. The van der Waals surface area contributed by atoms with Crippen LogP contribution < -0.4 is 0 Å². The molecule has 0 amide bonds. The molecule has 0 heterocycles. The van der Waals surface area contributed by atoms with Gasteiger partial charge in [-0.2, -0.15) is 0 Å². The van der Waals surface area contributed by atoms with Crippen LogP contribution in [0.2, 0.25) is 10.0 Å². The zero-order chi connectivity index (χ0) is 13.7. The predicted molar refractivity (Wildman–Crippen MR) is 78.4 cm³/mol. The molecule has 2 nitrogen and oxygen atoms in total. The summed E-state index contributed by atoms with van der Waals surface area (Å²) in [4.78, 5) is 3.77. The fraction of sp³-hybridized carbons (Fsp3) is 0.214. The molecular formula is C14H15Cl2NO. The van der Waals surface area contributed by atoms with Crippen LogP contribution in [-0.4, -0.2) is 6.72 Å². The van der Waals surface area contributed by atoms with Crippen LogP contribution in [0.3, 0.4) is 0 Å². The summed E-state index contributed by atoms with van der Waals surface area (Å²) in [5.74, 6) is 0.426. The number of aliphatic imine (C=N–C) groups is 1. The Balaban J connectivity index is 2.80. The van der Waals surface area contributed by atoms with Gasteiger partial charge < -0.3 is 4.74 Å². The summed E-state index contributed by atoms with van der Waals surface area (Å²) >= 11 is 12.1. The van der Waals surface area contributed by atoms with Crippen molar-refractivity contribution < 1.29 is 4.74 Å². The zero-order valence-electron chi connectivity index (χ0n) is 10.5. The number of ether oxygens (including phenoxy) is 1. The van der Waals surface area contributed by atoms with Crippen molar-refractivity contribution in [1.29, 1.82) is 0 Å². The maximum Gasteiger partial charge on any atom is 0.213 e. The van der Waals surface area contributed by atoms with Crippen molar-refractivity contribution in [1.82, 2.24) is 0 Å². The van der Waals surface area contributed by atoms with Crippen molar-refractivity contribution in [2.45, 2.75) is 20.5 Å². The highest BCUT2D eigenvalue weighted by molar-refractivity contribution is 6.36. The number of hydrogen-bond donors (Lipinski definition) is 0. The number of benzene rings is 1. The van der Waals surface area contributed by atoms with Gasteiger partial charge in [-0.25, -0.2) is 4.99 Å². The second-order valence-corrected chi connectivity index (χ2v) is 4.77. The number of allylic oxidation sites excluding steroid dienone is 2. The fourth-order valence-corrected chi connectivity index (χ4v) is 1.81. The first-order chi connectivity index (χ1) is 8.43. The fourth-order valence-electron chi connectivity index (χ4n) is 1.28. The van der Waals surface area contributed by atoms with Crippen LogP contribution in [0.25, 0.3) is 0 Å². The standard InChI is InChI=1S/C14H15Cl2NO/c1-9(2)5-14(17-4)18-8-11-6-12(15)10(3)13(16)7-11/h5-7H,1,4,8H2,2-3H3/b14-5+. The van der Waals surface area contributed by atoms with E-state index in [9.17, 15) is 0 Å². The Morgan fingerprint density at radius 2 is 1.94 bits per heavy atom. The molecule has 0 aliphatic heterocycles. The largest absolute Gasteiger partial charge is 0.473 e. The minimum Gasteiger partial charge on any atom is -0.473 e. The molecule has 0 aromatic heterocycles. The van der Waals surface area contributed by atoms with Gasteiger partial charge in [-0.05, 0) is 43.8 Å². The van der Waals surface area contributed by atoms with Crippen molar-refractivity contribution in [2.24, 2.45) is 4.99 Å². The van der Waals surface area contributed by atoms with E-state index in [2.05, 4.69) is 18.3 Å². The van der Waals surface area contributed by atoms with E-state index in [4.69, 9.17) is 27.9 Å². The number of halogens is 2. The summed E-state index contributed by atoms with van der Waals surface area (Å²) in [6.07, 6.45) is 1.71. The summed E-state index contributed by atoms with van der Waals surface area (Å²) in [6, 6.07) is 3.65. The molecule has 0 spiro atoms. The van der Waals surface area contributed by atoms with Gasteiger partial charge in [0.05, 0.1) is 0 Å². The molecule has 0 radical (unpaired) electrons. The molecule has 0 saturated heterocycles. The first-order valence-corrected chi connectivity index (χ1v) is 6.11. The van der Waals surface area contributed by atoms with E-state index in [0.717, 1.165) is 16.7 Å². The SMILES string of the molecule is C=N/C(=C\C(=C)C)OCc1cc(Cl)c(C)c(Cl)c1. The van der Waals surface area contributed by atoms with E-state index in [1.54, 1.807) is 6.08 Å². The molecule has 0 fully saturated rings. The Labute approximate surface area is 118 Å². The van der Waals surface area contributed by atoms with Crippen LogP contribution >= 0.6 is 23.2 Å². The van der Waals surface area contributed by atoms with Crippen molar-refractivity contribution >= 4 is 29.9 Å². The second kappa shape index (κ2) is 6.62. The van der Waals surface area contributed by atoms with Gasteiger partial charge in [0, 0.05) is 16.1 Å². The molecule has 1 aromatic carbocycles.